The molecule has 33 heavy (non-hydrogen) atoms. The van der Waals surface area contributed by atoms with Gasteiger partial charge in [0.2, 0.25) is 5.91 Å². The summed E-state index contributed by atoms with van der Waals surface area (Å²) in [6.07, 6.45) is 2.34. The van der Waals surface area contributed by atoms with Crippen molar-refractivity contribution in [2.75, 3.05) is 31.1 Å². The maximum Gasteiger partial charge on any atom is 0.261 e. The highest BCUT2D eigenvalue weighted by atomic mass is 35.5. The number of Topliss-reactive ketones (excluding diaryl/α,β-unsaturated/α-hetero) is 1. The lowest BCUT2D eigenvalue weighted by Crippen LogP contribution is -2.48. The summed E-state index contributed by atoms with van der Waals surface area (Å²) in [7, 11) is 0. The molecule has 0 bridgehead atoms. The van der Waals surface area contributed by atoms with Gasteiger partial charge in [-0.15, -0.1) is 0 Å². The van der Waals surface area contributed by atoms with E-state index < -0.39 is 0 Å². The second-order valence-corrected chi connectivity index (χ2v) is 8.90. The Hall–Kier alpha value is -3.19. The third kappa shape index (κ3) is 5.25. The molecular formula is C25H27ClN4O3. The molecule has 0 N–H and O–H groups in total. The lowest BCUT2D eigenvalue weighted by atomic mass is 10.1. The Balaban J connectivity index is 1.46. The fourth-order valence-corrected chi connectivity index (χ4v) is 4.28. The van der Waals surface area contributed by atoms with Crippen LogP contribution in [-0.4, -0.2) is 52.3 Å². The van der Waals surface area contributed by atoms with E-state index in [1.54, 1.807) is 6.92 Å². The van der Waals surface area contributed by atoms with Crippen LogP contribution < -0.4 is 10.5 Å². The van der Waals surface area contributed by atoms with E-state index in [-0.39, 0.29) is 23.8 Å². The normalized spacial score (nSPS) is 14.0. The van der Waals surface area contributed by atoms with Crippen LogP contribution in [-0.2, 0) is 22.6 Å². The molecule has 4 rings (SSSR count). The van der Waals surface area contributed by atoms with Crippen LogP contribution in [0.3, 0.4) is 0 Å². The Bertz CT molecular complexity index is 1260. The van der Waals surface area contributed by atoms with Crippen molar-refractivity contribution in [2.24, 2.45) is 0 Å². The number of nitrogens with zero attached hydrogens (tertiary/aromatic N) is 4. The average molecular weight is 467 g/mol. The zero-order valence-electron chi connectivity index (χ0n) is 18.9. The van der Waals surface area contributed by atoms with Crippen LogP contribution in [0.4, 0.5) is 5.69 Å². The zero-order valence-corrected chi connectivity index (χ0v) is 19.6. The second-order valence-electron chi connectivity index (χ2n) is 8.49. The topological polar surface area (TPSA) is 75.5 Å². The first-order valence-corrected chi connectivity index (χ1v) is 11.5. The minimum atomic E-state index is -0.226. The number of anilines is 1. The zero-order chi connectivity index (χ0) is 23.5. The molecule has 1 saturated heterocycles. The van der Waals surface area contributed by atoms with Crippen LogP contribution in [0.1, 0.15) is 24.5 Å². The van der Waals surface area contributed by atoms with Gasteiger partial charge in [-0.2, -0.15) is 0 Å². The van der Waals surface area contributed by atoms with Gasteiger partial charge in [-0.1, -0.05) is 23.7 Å². The van der Waals surface area contributed by atoms with Crippen molar-refractivity contribution in [3.05, 3.63) is 69.2 Å². The number of hydrogen-bond donors (Lipinski definition) is 0. The Morgan fingerprint density at radius 3 is 2.52 bits per heavy atom. The van der Waals surface area contributed by atoms with Crippen LogP contribution in [0, 0.1) is 6.92 Å². The monoisotopic (exact) mass is 466 g/mol. The van der Waals surface area contributed by atoms with Gasteiger partial charge in [0.15, 0.2) is 5.78 Å². The molecule has 2 aromatic carbocycles. The summed E-state index contributed by atoms with van der Waals surface area (Å²) in [4.78, 5) is 45.6. The minimum absolute atomic E-state index is 0.0110. The number of carbonyl (C=O) groups is 2. The molecule has 1 amide bonds. The van der Waals surface area contributed by atoms with Gasteiger partial charge in [-0.25, -0.2) is 4.98 Å². The van der Waals surface area contributed by atoms with Crippen molar-refractivity contribution in [2.45, 2.75) is 33.2 Å². The van der Waals surface area contributed by atoms with E-state index in [1.165, 1.54) is 10.9 Å². The molecule has 0 spiro atoms. The Kier molecular flexibility index (Phi) is 6.79. The van der Waals surface area contributed by atoms with Gasteiger partial charge in [0.1, 0.15) is 0 Å². The number of rotatable bonds is 6. The number of aromatic nitrogens is 2. The number of fused-ring (bicyclic) bond motifs is 1. The molecular weight excluding hydrogens is 440 g/mol. The number of carbonyl (C=O) groups excluding carboxylic acids is 2. The number of ketones is 1. The molecule has 8 heteroatoms. The van der Waals surface area contributed by atoms with Crippen molar-refractivity contribution in [1.29, 1.82) is 0 Å². The highest BCUT2D eigenvalue weighted by Crippen LogP contribution is 2.21. The van der Waals surface area contributed by atoms with Crippen molar-refractivity contribution < 1.29 is 9.59 Å². The first-order chi connectivity index (χ1) is 15.8. The molecule has 2 heterocycles. The number of benzene rings is 2. The number of halogens is 1. The fraction of sp³-hybridized carbons (Fsp3) is 0.360. The van der Waals surface area contributed by atoms with Gasteiger partial charge < -0.3 is 9.80 Å². The van der Waals surface area contributed by atoms with Crippen molar-refractivity contribution in [3.8, 4) is 0 Å². The van der Waals surface area contributed by atoms with Crippen molar-refractivity contribution >= 4 is 39.9 Å². The minimum Gasteiger partial charge on any atom is -0.368 e. The summed E-state index contributed by atoms with van der Waals surface area (Å²) in [5.74, 6) is 0.0434. The van der Waals surface area contributed by atoms with Gasteiger partial charge in [0.25, 0.3) is 5.56 Å². The van der Waals surface area contributed by atoms with Gasteiger partial charge in [0, 0.05) is 50.2 Å². The fourth-order valence-electron chi connectivity index (χ4n) is 4.08. The molecule has 7 nitrogen and oxygen atoms in total. The summed E-state index contributed by atoms with van der Waals surface area (Å²) in [5, 5.41) is 1.18. The van der Waals surface area contributed by atoms with Crippen LogP contribution in [0.25, 0.3) is 10.9 Å². The molecule has 1 aliphatic rings. The van der Waals surface area contributed by atoms with Gasteiger partial charge >= 0.3 is 0 Å². The second kappa shape index (κ2) is 9.75. The summed E-state index contributed by atoms with van der Waals surface area (Å²) in [5.41, 5.74) is 3.29. The summed E-state index contributed by atoms with van der Waals surface area (Å²) < 4.78 is 1.38. The van der Waals surface area contributed by atoms with Crippen LogP contribution in [0.5, 0.6) is 0 Å². The molecule has 0 saturated carbocycles. The van der Waals surface area contributed by atoms with E-state index in [0.29, 0.717) is 54.9 Å². The van der Waals surface area contributed by atoms with E-state index in [1.807, 2.05) is 48.2 Å². The van der Waals surface area contributed by atoms with Gasteiger partial charge in [0.05, 0.1) is 23.8 Å². The van der Waals surface area contributed by atoms with Gasteiger partial charge in [-0.3, -0.25) is 19.0 Å². The van der Waals surface area contributed by atoms with Crippen molar-refractivity contribution in [1.82, 2.24) is 14.5 Å². The van der Waals surface area contributed by atoms with Crippen molar-refractivity contribution in [3.63, 3.8) is 0 Å². The Morgan fingerprint density at radius 2 is 1.82 bits per heavy atom. The lowest BCUT2D eigenvalue weighted by Gasteiger charge is -2.35. The largest absolute Gasteiger partial charge is 0.368 e. The SMILES string of the molecule is CC(=O)N1CCN(c2ccc3ncn(CC(=O)CCc4ccc(C)c(Cl)c4)c(=O)c3c2)CC1. The molecule has 1 aliphatic heterocycles. The molecule has 0 radical (unpaired) electrons. The van der Waals surface area contributed by atoms with Gasteiger partial charge in [-0.05, 0) is 48.7 Å². The first kappa shape index (κ1) is 23.0. The summed E-state index contributed by atoms with van der Waals surface area (Å²) in [6.45, 7) is 6.24. The third-order valence-corrected chi connectivity index (χ3v) is 6.58. The molecule has 172 valence electrons. The molecule has 3 aromatic rings. The van der Waals surface area contributed by atoms with Crippen LogP contribution in [0.15, 0.2) is 47.5 Å². The average Bonchev–Trinajstić information content (AvgIpc) is 2.81. The number of piperazine rings is 1. The van der Waals surface area contributed by atoms with Crippen LogP contribution in [0.2, 0.25) is 5.02 Å². The van der Waals surface area contributed by atoms with E-state index in [0.717, 1.165) is 16.8 Å². The first-order valence-electron chi connectivity index (χ1n) is 11.1. The number of aryl methyl sites for hydroxylation is 2. The molecule has 1 aromatic heterocycles. The highest BCUT2D eigenvalue weighted by molar-refractivity contribution is 6.31. The predicted octanol–water partition coefficient (Wildman–Crippen LogP) is 3.23. The number of amides is 1. The Labute approximate surface area is 197 Å². The predicted molar refractivity (Wildman–Crippen MR) is 130 cm³/mol. The smallest absolute Gasteiger partial charge is 0.261 e. The molecule has 0 unspecified atom stereocenters. The van der Waals surface area contributed by atoms with E-state index in [9.17, 15) is 14.4 Å². The standard InChI is InChI=1S/C25H27ClN4O3/c1-17-3-4-19(13-23(17)26)5-7-21(32)15-30-16-27-24-8-6-20(14-22(24)25(30)33)29-11-9-28(10-12-29)18(2)31/h3-4,6,8,13-14,16H,5,7,9-12,15H2,1-2H3. The highest BCUT2D eigenvalue weighted by Gasteiger charge is 2.19. The van der Waals surface area contributed by atoms with E-state index >= 15 is 0 Å². The molecule has 0 aliphatic carbocycles. The lowest BCUT2D eigenvalue weighted by molar-refractivity contribution is -0.129. The number of hydrogen-bond acceptors (Lipinski definition) is 5. The van der Waals surface area contributed by atoms with E-state index in [4.69, 9.17) is 11.6 Å². The maximum atomic E-state index is 13.1. The Morgan fingerprint density at radius 1 is 1.06 bits per heavy atom. The third-order valence-electron chi connectivity index (χ3n) is 6.17. The summed E-state index contributed by atoms with van der Waals surface area (Å²) in [6, 6.07) is 11.4. The maximum absolute atomic E-state index is 13.1. The van der Waals surface area contributed by atoms with E-state index in [2.05, 4.69) is 9.88 Å². The quantitative estimate of drug-likeness (QED) is 0.557. The molecule has 0 atom stereocenters. The molecule has 1 fully saturated rings. The van der Waals surface area contributed by atoms with Crippen LogP contribution >= 0.6 is 11.6 Å². The summed E-state index contributed by atoms with van der Waals surface area (Å²) >= 11 is 6.17.